The maximum atomic E-state index is 10.2. The smallest absolute Gasteiger partial charge is 0.0670 e. The second kappa shape index (κ2) is 6.50. The van der Waals surface area contributed by atoms with E-state index in [4.69, 9.17) is 0 Å². The Morgan fingerprint density at radius 2 is 2.24 bits per heavy atom. The molecular weight excluding hydrogens is 268 g/mol. The highest BCUT2D eigenvalue weighted by atomic mass is 32.2. The van der Waals surface area contributed by atoms with Gasteiger partial charge in [0.25, 0.3) is 0 Å². The quantitative estimate of drug-likeness (QED) is 0.913. The van der Waals surface area contributed by atoms with Crippen LogP contribution in [-0.4, -0.2) is 32.7 Å². The van der Waals surface area contributed by atoms with Gasteiger partial charge in [0.15, 0.2) is 0 Å². The Kier molecular flexibility index (Phi) is 5.27. The van der Waals surface area contributed by atoms with E-state index in [0.717, 1.165) is 23.8 Å². The van der Waals surface area contributed by atoms with E-state index in [1.54, 1.807) is 11.3 Å². The van der Waals surface area contributed by atoms with E-state index >= 15 is 0 Å². The number of thioether (sulfide) groups is 2. The second-order valence-corrected chi connectivity index (χ2v) is 8.67. The van der Waals surface area contributed by atoms with Crippen LogP contribution in [0.15, 0.2) is 17.5 Å². The summed E-state index contributed by atoms with van der Waals surface area (Å²) < 4.78 is 0. The van der Waals surface area contributed by atoms with Crippen LogP contribution in [-0.2, 0) is 6.42 Å². The number of aliphatic hydroxyl groups excluding tert-OH is 1. The zero-order valence-electron chi connectivity index (χ0n) is 10.3. The molecule has 1 aliphatic heterocycles. The molecule has 2 rings (SSSR count). The molecule has 0 aliphatic carbocycles. The largest absolute Gasteiger partial charge is 0.392 e. The van der Waals surface area contributed by atoms with Crippen LogP contribution in [0.2, 0.25) is 0 Å². The van der Waals surface area contributed by atoms with E-state index < -0.39 is 0 Å². The molecule has 0 radical (unpaired) electrons. The average molecular weight is 289 g/mol. The Hall–Kier alpha value is 0.360. The van der Waals surface area contributed by atoms with Gasteiger partial charge in [-0.15, -0.1) is 11.3 Å². The molecule has 0 amide bonds. The molecule has 4 atom stereocenters. The summed E-state index contributed by atoms with van der Waals surface area (Å²) in [5.41, 5.74) is 0. The van der Waals surface area contributed by atoms with Crippen molar-refractivity contribution in [2.45, 2.75) is 48.5 Å². The fraction of sp³-hybridized carbons (Fsp3) is 0.692. The van der Waals surface area contributed by atoms with Crippen molar-refractivity contribution in [2.75, 3.05) is 5.75 Å². The average Bonchev–Trinajstić information content (AvgIpc) is 2.82. The van der Waals surface area contributed by atoms with Gasteiger partial charge in [0.2, 0.25) is 0 Å². The topological polar surface area (TPSA) is 20.2 Å². The highest BCUT2D eigenvalue weighted by Crippen LogP contribution is 2.37. The lowest BCUT2D eigenvalue weighted by atomic mass is 10.1. The minimum Gasteiger partial charge on any atom is -0.392 e. The maximum Gasteiger partial charge on any atom is 0.0670 e. The SMILES string of the molecule is CC1SCC(C(O)CCc2cccs2)SC1C. The summed E-state index contributed by atoms with van der Waals surface area (Å²) in [6.07, 6.45) is 1.77. The summed E-state index contributed by atoms with van der Waals surface area (Å²) in [6.45, 7) is 4.57. The zero-order valence-corrected chi connectivity index (χ0v) is 12.8. The molecule has 1 aromatic rings. The predicted octanol–water partition coefficient (Wildman–Crippen LogP) is 3.67. The van der Waals surface area contributed by atoms with Crippen LogP contribution in [0.25, 0.3) is 0 Å². The first kappa shape index (κ1) is 13.8. The monoisotopic (exact) mass is 288 g/mol. The minimum atomic E-state index is -0.149. The highest BCUT2D eigenvalue weighted by Gasteiger charge is 2.30. The van der Waals surface area contributed by atoms with Crippen molar-refractivity contribution < 1.29 is 5.11 Å². The summed E-state index contributed by atoms with van der Waals surface area (Å²) in [6, 6.07) is 4.24. The molecule has 1 aliphatic rings. The Morgan fingerprint density at radius 1 is 1.41 bits per heavy atom. The molecule has 96 valence electrons. The van der Waals surface area contributed by atoms with E-state index in [0.29, 0.717) is 10.5 Å². The van der Waals surface area contributed by atoms with E-state index in [9.17, 15) is 5.11 Å². The van der Waals surface area contributed by atoms with E-state index in [2.05, 4.69) is 31.4 Å². The number of aliphatic hydroxyl groups is 1. The number of hydrogen-bond acceptors (Lipinski definition) is 4. The number of thiophene rings is 1. The Bertz CT molecular complexity index is 325. The molecule has 1 saturated heterocycles. The van der Waals surface area contributed by atoms with Crippen molar-refractivity contribution in [3.63, 3.8) is 0 Å². The second-order valence-electron chi connectivity index (χ2n) is 4.60. The van der Waals surface area contributed by atoms with Gasteiger partial charge in [-0.2, -0.15) is 23.5 Å². The van der Waals surface area contributed by atoms with Crippen LogP contribution in [0.5, 0.6) is 0 Å². The van der Waals surface area contributed by atoms with Crippen LogP contribution >= 0.6 is 34.9 Å². The number of aryl methyl sites for hydroxylation is 1. The van der Waals surface area contributed by atoms with Crippen molar-refractivity contribution in [3.05, 3.63) is 22.4 Å². The minimum absolute atomic E-state index is 0.149. The molecule has 4 heteroatoms. The Labute approximate surface area is 116 Å². The first-order chi connectivity index (χ1) is 8.16. The molecule has 1 nitrogen and oxygen atoms in total. The lowest BCUT2D eigenvalue weighted by Crippen LogP contribution is -2.34. The maximum absolute atomic E-state index is 10.2. The molecule has 1 aromatic heterocycles. The van der Waals surface area contributed by atoms with Crippen LogP contribution in [0.1, 0.15) is 25.1 Å². The van der Waals surface area contributed by atoms with Gasteiger partial charge in [0.1, 0.15) is 0 Å². The van der Waals surface area contributed by atoms with E-state index in [1.165, 1.54) is 4.88 Å². The lowest BCUT2D eigenvalue weighted by Gasteiger charge is -2.33. The summed E-state index contributed by atoms with van der Waals surface area (Å²) in [5, 5.41) is 14.2. The van der Waals surface area contributed by atoms with Gasteiger partial charge in [-0.1, -0.05) is 19.9 Å². The molecule has 2 heterocycles. The third kappa shape index (κ3) is 3.91. The summed E-state index contributed by atoms with van der Waals surface area (Å²) >= 11 is 5.77. The molecule has 1 fully saturated rings. The summed E-state index contributed by atoms with van der Waals surface area (Å²) in [4.78, 5) is 1.39. The standard InChI is InChI=1S/C13H20OS3/c1-9-10(2)17-13(8-16-9)12(14)6-5-11-4-3-7-15-11/h3-4,7,9-10,12-14H,5-6,8H2,1-2H3. The third-order valence-electron chi connectivity index (χ3n) is 3.27. The first-order valence-corrected chi connectivity index (χ1v) is 9.01. The first-order valence-electron chi connectivity index (χ1n) is 6.14. The van der Waals surface area contributed by atoms with E-state index in [-0.39, 0.29) is 6.10 Å². The predicted molar refractivity (Wildman–Crippen MR) is 81.4 cm³/mol. The number of hydrogen-bond donors (Lipinski definition) is 1. The van der Waals surface area contributed by atoms with Gasteiger partial charge in [-0.05, 0) is 24.3 Å². The molecular formula is C13H20OS3. The van der Waals surface area contributed by atoms with Crippen molar-refractivity contribution in [1.29, 1.82) is 0 Å². The van der Waals surface area contributed by atoms with Gasteiger partial charge >= 0.3 is 0 Å². The lowest BCUT2D eigenvalue weighted by molar-refractivity contribution is 0.167. The van der Waals surface area contributed by atoms with Gasteiger partial charge < -0.3 is 5.11 Å². The summed E-state index contributed by atoms with van der Waals surface area (Å²) in [7, 11) is 0. The number of rotatable bonds is 4. The molecule has 0 spiro atoms. The van der Waals surface area contributed by atoms with Gasteiger partial charge in [-0.3, -0.25) is 0 Å². The van der Waals surface area contributed by atoms with Crippen LogP contribution in [0.4, 0.5) is 0 Å². The van der Waals surface area contributed by atoms with Gasteiger partial charge in [0, 0.05) is 26.4 Å². The molecule has 0 bridgehead atoms. The molecule has 4 unspecified atom stereocenters. The fourth-order valence-electron chi connectivity index (χ4n) is 1.94. The summed E-state index contributed by atoms with van der Waals surface area (Å²) in [5.74, 6) is 1.10. The normalized spacial score (nSPS) is 31.4. The van der Waals surface area contributed by atoms with Crippen LogP contribution in [0.3, 0.4) is 0 Å². The Balaban J connectivity index is 1.78. The molecule has 0 aromatic carbocycles. The molecule has 1 N–H and O–H groups in total. The third-order valence-corrected chi connectivity index (χ3v) is 7.74. The Morgan fingerprint density at radius 3 is 2.88 bits per heavy atom. The van der Waals surface area contributed by atoms with Crippen molar-refractivity contribution >= 4 is 34.9 Å². The van der Waals surface area contributed by atoms with Crippen molar-refractivity contribution in [2.24, 2.45) is 0 Å². The molecule has 17 heavy (non-hydrogen) atoms. The zero-order chi connectivity index (χ0) is 12.3. The van der Waals surface area contributed by atoms with Crippen molar-refractivity contribution in [3.8, 4) is 0 Å². The van der Waals surface area contributed by atoms with E-state index in [1.807, 2.05) is 23.5 Å². The van der Waals surface area contributed by atoms with Gasteiger partial charge in [-0.25, -0.2) is 0 Å². The van der Waals surface area contributed by atoms with Crippen LogP contribution < -0.4 is 0 Å². The fourth-order valence-corrected chi connectivity index (χ4v) is 5.72. The highest BCUT2D eigenvalue weighted by molar-refractivity contribution is 8.07. The molecule has 0 saturated carbocycles. The van der Waals surface area contributed by atoms with Crippen molar-refractivity contribution in [1.82, 2.24) is 0 Å². The van der Waals surface area contributed by atoms with Gasteiger partial charge in [0.05, 0.1) is 6.10 Å². The van der Waals surface area contributed by atoms with Crippen LogP contribution in [0, 0.1) is 0 Å².